The number of aliphatic hydroxyl groups is 1. The Labute approximate surface area is 116 Å². The highest BCUT2D eigenvalue weighted by molar-refractivity contribution is 5.82. The number of allylic oxidation sites excluding steroid dienone is 3. The molecular weight excluding hydrogens is 240 g/mol. The van der Waals surface area contributed by atoms with Crippen LogP contribution in [0.5, 0.6) is 0 Å². The van der Waals surface area contributed by atoms with Gasteiger partial charge in [0.15, 0.2) is 0 Å². The molecule has 0 aromatic heterocycles. The second-order valence-corrected chi connectivity index (χ2v) is 6.03. The van der Waals surface area contributed by atoms with Gasteiger partial charge in [0.25, 0.3) is 0 Å². The van der Waals surface area contributed by atoms with Gasteiger partial charge in [0.2, 0.25) is 0 Å². The number of hydrogen-bond donors (Lipinski definition) is 1. The summed E-state index contributed by atoms with van der Waals surface area (Å²) in [6.45, 7) is 9.07. The van der Waals surface area contributed by atoms with Crippen LogP contribution in [0.25, 0.3) is 0 Å². The van der Waals surface area contributed by atoms with E-state index in [-0.39, 0.29) is 23.4 Å². The Morgan fingerprint density at radius 3 is 2.58 bits per heavy atom. The molecule has 3 heteroatoms. The molecule has 0 radical (unpaired) electrons. The summed E-state index contributed by atoms with van der Waals surface area (Å²) in [5, 5.41) is 9.44. The van der Waals surface area contributed by atoms with Gasteiger partial charge in [0.1, 0.15) is 0 Å². The summed E-state index contributed by atoms with van der Waals surface area (Å²) < 4.78 is 4.82. The van der Waals surface area contributed by atoms with E-state index in [9.17, 15) is 9.90 Å². The summed E-state index contributed by atoms with van der Waals surface area (Å²) in [6, 6.07) is 0. The first kappa shape index (κ1) is 16.0. The zero-order valence-electron chi connectivity index (χ0n) is 12.5. The Bertz CT molecular complexity index is 368. The van der Waals surface area contributed by atoms with Crippen molar-refractivity contribution >= 4 is 5.97 Å². The Morgan fingerprint density at radius 2 is 2.05 bits per heavy atom. The molecule has 1 fully saturated rings. The first-order chi connectivity index (χ1) is 8.87. The van der Waals surface area contributed by atoms with Crippen LogP contribution in [0.2, 0.25) is 0 Å². The van der Waals surface area contributed by atoms with Gasteiger partial charge in [0.05, 0.1) is 6.61 Å². The molecule has 0 saturated heterocycles. The fourth-order valence-corrected chi connectivity index (χ4v) is 2.83. The van der Waals surface area contributed by atoms with E-state index in [4.69, 9.17) is 4.74 Å². The molecule has 2 atom stereocenters. The van der Waals surface area contributed by atoms with Crippen molar-refractivity contribution in [2.24, 2.45) is 16.7 Å². The third kappa shape index (κ3) is 3.47. The van der Waals surface area contributed by atoms with Gasteiger partial charge in [-0.15, -0.1) is 0 Å². The average molecular weight is 266 g/mol. The Kier molecular flexibility index (Phi) is 5.36. The van der Waals surface area contributed by atoms with E-state index in [0.717, 1.165) is 12.8 Å². The van der Waals surface area contributed by atoms with Crippen molar-refractivity contribution < 1.29 is 14.6 Å². The van der Waals surface area contributed by atoms with Crippen LogP contribution in [0.3, 0.4) is 0 Å². The van der Waals surface area contributed by atoms with Crippen molar-refractivity contribution in [3.05, 3.63) is 24.3 Å². The number of ether oxygens (including phenoxy) is 1. The van der Waals surface area contributed by atoms with Crippen LogP contribution in [0, 0.1) is 16.7 Å². The minimum Gasteiger partial charge on any atom is -0.463 e. The normalized spacial score (nSPS) is 30.3. The molecule has 3 nitrogen and oxygen atoms in total. The monoisotopic (exact) mass is 266 g/mol. The highest BCUT2D eigenvalue weighted by Gasteiger charge is 2.49. The molecular formula is C16H26O3. The molecule has 0 bridgehead atoms. The summed E-state index contributed by atoms with van der Waals surface area (Å²) in [5.41, 5.74) is 0.120. The lowest BCUT2D eigenvalue weighted by atomic mass is 9.66. The maximum atomic E-state index is 11.2. The van der Waals surface area contributed by atoms with Crippen molar-refractivity contribution in [3.63, 3.8) is 0 Å². The number of aliphatic hydroxyl groups excluding tert-OH is 1. The summed E-state index contributed by atoms with van der Waals surface area (Å²) in [7, 11) is 0. The quantitative estimate of drug-likeness (QED) is 0.472. The van der Waals surface area contributed by atoms with E-state index in [1.807, 2.05) is 6.08 Å². The third-order valence-corrected chi connectivity index (χ3v) is 4.82. The van der Waals surface area contributed by atoms with Crippen molar-refractivity contribution in [2.75, 3.05) is 13.2 Å². The van der Waals surface area contributed by atoms with Crippen molar-refractivity contribution in [2.45, 2.75) is 40.5 Å². The topological polar surface area (TPSA) is 46.5 Å². The number of esters is 1. The van der Waals surface area contributed by atoms with E-state index >= 15 is 0 Å². The van der Waals surface area contributed by atoms with Gasteiger partial charge in [-0.25, -0.2) is 4.79 Å². The van der Waals surface area contributed by atoms with Crippen LogP contribution in [-0.4, -0.2) is 24.3 Å². The zero-order chi connectivity index (χ0) is 14.5. The minimum absolute atomic E-state index is 0.0550. The van der Waals surface area contributed by atoms with Gasteiger partial charge >= 0.3 is 5.97 Å². The largest absolute Gasteiger partial charge is 0.463 e. The summed E-state index contributed by atoms with van der Waals surface area (Å²) in [4.78, 5) is 11.2. The number of rotatable bonds is 5. The SMILES string of the molecule is CCOC(=O)/C=C/C=C/C1(C)CCC(CO)C1(C)C. The van der Waals surface area contributed by atoms with Gasteiger partial charge < -0.3 is 9.84 Å². The van der Waals surface area contributed by atoms with E-state index < -0.39 is 0 Å². The molecule has 1 aliphatic carbocycles. The maximum absolute atomic E-state index is 11.2. The molecule has 2 unspecified atom stereocenters. The zero-order valence-corrected chi connectivity index (χ0v) is 12.5. The van der Waals surface area contributed by atoms with Crippen LogP contribution in [0.15, 0.2) is 24.3 Å². The van der Waals surface area contributed by atoms with E-state index in [0.29, 0.717) is 12.5 Å². The lowest BCUT2D eigenvalue weighted by Crippen LogP contribution is -2.34. The maximum Gasteiger partial charge on any atom is 0.330 e. The van der Waals surface area contributed by atoms with Crippen LogP contribution in [0.4, 0.5) is 0 Å². The second-order valence-electron chi connectivity index (χ2n) is 6.03. The van der Waals surface area contributed by atoms with Gasteiger partial charge in [-0.3, -0.25) is 0 Å². The molecule has 0 heterocycles. The average Bonchev–Trinajstić information content (AvgIpc) is 2.57. The van der Waals surface area contributed by atoms with Gasteiger partial charge in [-0.2, -0.15) is 0 Å². The van der Waals surface area contributed by atoms with Crippen LogP contribution in [0.1, 0.15) is 40.5 Å². The Hall–Kier alpha value is -1.09. The van der Waals surface area contributed by atoms with Gasteiger partial charge in [0, 0.05) is 12.7 Å². The standard InChI is InChI=1S/C16H26O3/c1-5-19-14(18)8-6-7-10-16(4)11-9-13(12-17)15(16,2)3/h6-8,10,13,17H,5,9,11-12H2,1-4H3/b8-6+,10-7+. The first-order valence-electron chi connectivity index (χ1n) is 7.01. The highest BCUT2D eigenvalue weighted by Crippen LogP contribution is 2.56. The molecule has 19 heavy (non-hydrogen) atoms. The second kappa shape index (κ2) is 6.38. The molecule has 0 amide bonds. The molecule has 1 rings (SSSR count). The summed E-state index contributed by atoms with van der Waals surface area (Å²) in [5.74, 6) is 0.0346. The molecule has 0 aliphatic heterocycles. The van der Waals surface area contributed by atoms with E-state index in [1.54, 1.807) is 13.0 Å². The molecule has 1 N–H and O–H groups in total. The number of carbonyl (C=O) groups excluding carboxylic acids is 1. The first-order valence-corrected chi connectivity index (χ1v) is 7.01. The smallest absolute Gasteiger partial charge is 0.330 e. The third-order valence-electron chi connectivity index (χ3n) is 4.82. The Morgan fingerprint density at radius 1 is 1.37 bits per heavy atom. The van der Waals surface area contributed by atoms with Crippen LogP contribution in [-0.2, 0) is 9.53 Å². The summed E-state index contributed by atoms with van der Waals surface area (Å²) >= 11 is 0. The lowest BCUT2D eigenvalue weighted by Gasteiger charge is -2.39. The Balaban J connectivity index is 2.68. The minimum atomic E-state index is -0.309. The molecule has 0 aromatic carbocycles. The van der Waals surface area contributed by atoms with Crippen molar-refractivity contribution in [1.29, 1.82) is 0 Å². The fraction of sp³-hybridized carbons (Fsp3) is 0.688. The predicted octanol–water partition coefficient (Wildman–Crippen LogP) is 3.10. The van der Waals surface area contributed by atoms with E-state index in [1.165, 1.54) is 6.08 Å². The predicted molar refractivity (Wildman–Crippen MR) is 76.6 cm³/mol. The lowest BCUT2D eigenvalue weighted by molar-refractivity contribution is -0.137. The van der Waals surface area contributed by atoms with Gasteiger partial charge in [-0.1, -0.05) is 39.0 Å². The van der Waals surface area contributed by atoms with E-state index in [2.05, 4.69) is 26.8 Å². The molecule has 0 aromatic rings. The van der Waals surface area contributed by atoms with Gasteiger partial charge in [-0.05, 0) is 36.5 Å². The fourth-order valence-electron chi connectivity index (χ4n) is 2.83. The summed E-state index contributed by atoms with van der Waals surface area (Å²) in [6.07, 6.45) is 9.35. The number of carbonyl (C=O) groups is 1. The highest BCUT2D eigenvalue weighted by atomic mass is 16.5. The van der Waals surface area contributed by atoms with Crippen molar-refractivity contribution in [1.82, 2.24) is 0 Å². The molecule has 1 saturated carbocycles. The molecule has 1 aliphatic rings. The number of hydrogen-bond acceptors (Lipinski definition) is 3. The van der Waals surface area contributed by atoms with Crippen LogP contribution >= 0.6 is 0 Å². The van der Waals surface area contributed by atoms with Crippen LogP contribution < -0.4 is 0 Å². The van der Waals surface area contributed by atoms with Crippen molar-refractivity contribution in [3.8, 4) is 0 Å². The molecule has 0 spiro atoms. The molecule has 108 valence electrons.